The number of hydrazone groups is 1. The minimum absolute atomic E-state index is 0.0493. The SMILES string of the molecule is O=C(CCc1ccccc1)N1N=C(C(F)(F)F)C[C@@]1(O)c1cccs1. The van der Waals surface area contributed by atoms with E-state index >= 15 is 0 Å². The zero-order chi connectivity index (χ0) is 18.1. The lowest BCUT2D eigenvalue weighted by atomic mass is 10.0. The molecule has 0 bridgehead atoms. The zero-order valence-electron chi connectivity index (χ0n) is 13.0. The van der Waals surface area contributed by atoms with Gasteiger partial charge in [-0.15, -0.1) is 11.3 Å². The third-order valence-corrected chi connectivity index (χ3v) is 4.94. The third-order valence-electron chi connectivity index (χ3n) is 3.93. The Labute approximate surface area is 146 Å². The monoisotopic (exact) mass is 368 g/mol. The Bertz CT molecular complexity index is 775. The molecule has 1 aromatic carbocycles. The molecule has 0 saturated carbocycles. The molecule has 4 nitrogen and oxygen atoms in total. The summed E-state index contributed by atoms with van der Waals surface area (Å²) in [7, 11) is 0. The highest BCUT2D eigenvalue weighted by Crippen LogP contribution is 2.41. The van der Waals surface area contributed by atoms with Gasteiger partial charge in [-0.1, -0.05) is 36.4 Å². The number of aryl methyl sites for hydroxylation is 1. The Balaban J connectivity index is 1.84. The van der Waals surface area contributed by atoms with E-state index in [1.165, 1.54) is 6.07 Å². The smallest absolute Gasteiger partial charge is 0.364 e. The van der Waals surface area contributed by atoms with Crippen molar-refractivity contribution in [1.29, 1.82) is 0 Å². The van der Waals surface area contributed by atoms with E-state index in [-0.39, 0.29) is 11.3 Å². The third kappa shape index (κ3) is 3.59. The van der Waals surface area contributed by atoms with Gasteiger partial charge in [0.2, 0.25) is 11.6 Å². The van der Waals surface area contributed by atoms with Gasteiger partial charge in [-0.3, -0.25) is 4.79 Å². The van der Waals surface area contributed by atoms with Crippen LogP contribution in [-0.2, 0) is 16.9 Å². The summed E-state index contributed by atoms with van der Waals surface area (Å²) in [5.74, 6) is -0.654. The normalized spacial score (nSPS) is 20.6. The molecule has 3 rings (SSSR count). The van der Waals surface area contributed by atoms with Gasteiger partial charge in [0.1, 0.15) is 5.71 Å². The van der Waals surface area contributed by atoms with Gasteiger partial charge in [0.15, 0.2) is 0 Å². The number of aliphatic hydroxyl groups is 1. The molecule has 1 N–H and O–H groups in total. The quantitative estimate of drug-likeness (QED) is 0.895. The summed E-state index contributed by atoms with van der Waals surface area (Å²) in [6.45, 7) is 0. The number of carbonyl (C=O) groups is 1. The Hall–Kier alpha value is -2.19. The van der Waals surface area contributed by atoms with E-state index in [2.05, 4.69) is 5.10 Å². The first-order valence-corrected chi connectivity index (χ1v) is 8.47. The van der Waals surface area contributed by atoms with Crippen molar-refractivity contribution in [2.24, 2.45) is 5.10 Å². The summed E-state index contributed by atoms with van der Waals surface area (Å²) in [6, 6.07) is 12.2. The second-order valence-corrected chi connectivity index (χ2v) is 6.65. The van der Waals surface area contributed by atoms with Crippen LogP contribution in [0.15, 0.2) is 52.9 Å². The van der Waals surface area contributed by atoms with Crippen molar-refractivity contribution in [2.75, 3.05) is 0 Å². The minimum atomic E-state index is -4.69. The van der Waals surface area contributed by atoms with Crippen molar-refractivity contribution < 1.29 is 23.1 Å². The van der Waals surface area contributed by atoms with Crippen molar-refractivity contribution in [2.45, 2.75) is 31.2 Å². The molecule has 1 aromatic heterocycles. The number of hydrogen-bond acceptors (Lipinski definition) is 4. The van der Waals surface area contributed by atoms with Crippen LogP contribution in [0.4, 0.5) is 13.2 Å². The number of amides is 1. The maximum Gasteiger partial charge on any atom is 0.431 e. The largest absolute Gasteiger partial charge is 0.431 e. The number of thiophene rings is 1. The fourth-order valence-electron chi connectivity index (χ4n) is 2.67. The van der Waals surface area contributed by atoms with Crippen molar-refractivity contribution in [1.82, 2.24) is 5.01 Å². The van der Waals surface area contributed by atoms with Crippen LogP contribution in [0.5, 0.6) is 0 Å². The highest BCUT2D eigenvalue weighted by Gasteiger charge is 2.53. The first-order valence-electron chi connectivity index (χ1n) is 7.59. The molecule has 0 spiro atoms. The predicted octanol–water partition coefficient (Wildman–Crippen LogP) is 3.68. The summed E-state index contributed by atoms with van der Waals surface area (Å²) in [5.41, 5.74) is -2.36. The predicted molar refractivity (Wildman–Crippen MR) is 87.9 cm³/mol. The lowest BCUT2D eigenvalue weighted by Gasteiger charge is -2.30. The molecule has 1 atom stereocenters. The van der Waals surface area contributed by atoms with Gasteiger partial charge in [-0.2, -0.15) is 23.3 Å². The first kappa shape index (κ1) is 17.6. The number of rotatable bonds is 4. The maximum absolute atomic E-state index is 13.1. The van der Waals surface area contributed by atoms with Crippen molar-refractivity contribution in [3.63, 3.8) is 0 Å². The molecular formula is C17H15F3N2O2S. The van der Waals surface area contributed by atoms with E-state index in [1.54, 1.807) is 11.4 Å². The van der Waals surface area contributed by atoms with E-state index in [9.17, 15) is 23.1 Å². The van der Waals surface area contributed by atoms with E-state index in [0.717, 1.165) is 16.9 Å². The molecule has 2 aromatic rings. The van der Waals surface area contributed by atoms with E-state index < -0.39 is 29.9 Å². The second-order valence-electron chi connectivity index (χ2n) is 5.71. The molecule has 0 radical (unpaired) electrons. The number of carbonyl (C=O) groups excluding carboxylic acids is 1. The number of hydrogen-bond donors (Lipinski definition) is 1. The first-order chi connectivity index (χ1) is 11.8. The standard InChI is InChI=1S/C17H15F3N2O2S/c18-17(19,20)13-11-16(24,14-7-4-10-25-14)22(21-13)15(23)9-8-12-5-2-1-3-6-12/h1-7,10,24H,8-9,11H2/t16-/m1/s1. The molecule has 1 aliphatic rings. The van der Waals surface area contributed by atoms with Gasteiger partial charge < -0.3 is 5.11 Å². The lowest BCUT2D eigenvalue weighted by molar-refractivity contribution is -0.157. The molecule has 0 saturated heterocycles. The summed E-state index contributed by atoms with van der Waals surface area (Å²) in [4.78, 5) is 12.8. The molecule has 2 heterocycles. The van der Waals surface area contributed by atoms with E-state index in [1.807, 2.05) is 30.3 Å². The lowest BCUT2D eigenvalue weighted by Crippen LogP contribution is -2.43. The van der Waals surface area contributed by atoms with Crippen LogP contribution in [0.3, 0.4) is 0 Å². The van der Waals surface area contributed by atoms with Crippen LogP contribution >= 0.6 is 11.3 Å². The number of alkyl halides is 3. The maximum atomic E-state index is 13.1. The van der Waals surface area contributed by atoms with Crippen LogP contribution < -0.4 is 0 Å². The van der Waals surface area contributed by atoms with Gasteiger partial charge in [0.25, 0.3) is 0 Å². The van der Waals surface area contributed by atoms with Crippen molar-refractivity contribution >= 4 is 23.0 Å². The van der Waals surface area contributed by atoms with Crippen LogP contribution in [0.2, 0.25) is 0 Å². The molecule has 132 valence electrons. The van der Waals surface area contributed by atoms with Gasteiger partial charge in [0, 0.05) is 6.42 Å². The van der Waals surface area contributed by atoms with Gasteiger partial charge in [-0.25, -0.2) is 0 Å². The minimum Gasteiger partial charge on any atom is -0.364 e. The number of nitrogens with zero attached hydrogens (tertiary/aromatic N) is 2. The summed E-state index contributed by atoms with van der Waals surface area (Å²) in [6.07, 6.45) is -5.16. The van der Waals surface area contributed by atoms with Crippen LogP contribution in [0.25, 0.3) is 0 Å². The summed E-state index contributed by atoms with van der Waals surface area (Å²) < 4.78 is 39.2. The van der Waals surface area contributed by atoms with Crippen molar-refractivity contribution in [3.8, 4) is 0 Å². The van der Waals surface area contributed by atoms with Gasteiger partial charge >= 0.3 is 6.18 Å². The van der Waals surface area contributed by atoms with Gasteiger partial charge in [0.05, 0.1) is 11.3 Å². The summed E-state index contributed by atoms with van der Waals surface area (Å²) in [5, 5.41) is 16.4. The van der Waals surface area contributed by atoms with Crippen LogP contribution in [-0.4, -0.2) is 27.9 Å². The number of halogens is 3. The van der Waals surface area contributed by atoms with Gasteiger partial charge in [-0.05, 0) is 23.4 Å². The van der Waals surface area contributed by atoms with Crippen molar-refractivity contribution in [3.05, 3.63) is 58.3 Å². The molecule has 0 unspecified atom stereocenters. The van der Waals surface area contributed by atoms with Crippen LogP contribution in [0.1, 0.15) is 23.3 Å². The molecular weight excluding hydrogens is 353 g/mol. The Morgan fingerprint density at radius 2 is 1.96 bits per heavy atom. The highest BCUT2D eigenvalue weighted by atomic mass is 32.1. The Morgan fingerprint density at radius 1 is 1.24 bits per heavy atom. The molecule has 25 heavy (non-hydrogen) atoms. The average Bonchev–Trinajstić information content (AvgIpc) is 3.21. The Morgan fingerprint density at radius 3 is 2.56 bits per heavy atom. The average molecular weight is 368 g/mol. The molecule has 0 aliphatic carbocycles. The summed E-state index contributed by atoms with van der Waals surface area (Å²) >= 11 is 1.08. The molecule has 1 amide bonds. The topological polar surface area (TPSA) is 52.9 Å². The number of benzene rings is 1. The van der Waals surface area contributed by atoms with E-state index in [0.29, 0.717) is 11.4 Å². The van der Waals surface area contributed by atoms with E-state index in [4.69, 9.17) is 0 Å². The molecule has 8 heteroatoms. The highest BCUT2D eigenvalue weighted by molar-refractivity contribution is 7.10. The van der Waals surface area contributed by atoms with Crippen LogP contribution in [0, 0.1) is 0 Å². The fraction of sp³-hybridized carbons (Fsp3) is 0.294. The fourth-order valence-corrected chi connectivity index (χ4v) is 3.47. The second kappa shape index (κ2) is 6.61. The Kier molecular flexibility index (Phi) is 4.66. The zero-order valence-corrected chi connectivity index (χ0v) is 13.8. The molecule has 0 fully saturated rings. The molecule has 1 aliphatic heterocycles.